The van der Waals surface area contributed by atoms with Gasteiger partial charge >= 0.3 is 0 Å². The molecule has 0 radical (unpaired) electrons. The van der Waals surface area contributed by atoms with Gasteiger partial charge in [-0.3, -0.25) is 14.9 Å². The molecule has 0 spiro atoms. The van der Waals surface area contributed by atoms with Crippen LogP contribution in [0, 0.1) is 22.9 Å². The number of aromatic hydroxyl groups is 1. The fourth-order valence-electron chi connectivity index (χ4n) is 1.82. The van der Waals surface area contributed by atoms with Gasteiger partial charge < -0.3 is 5.11 Å². The van der Waals surface area contributed by atoms with Gasteiger partial charge in [-0.05, 0) is 36.8 Å². The molecule has 0 unspecified atom stereocenters. The number of phenols is 1. The summed E-state index contributed by atoms with van der Waals surface area (Å²) in [7, 11) is 0. The Labute approximate surface area is 130 Å². The number of hydrazone groups is 1. The number of nitro benzene ring substituents is 1. The summed E-state index contributed by atoms with van der Waals surface area (Å²) in [4.78, 5) is 21.9. The summed E-state index contributed by atoms with van der Waals surface area (Å²) in [5.41, 5.74) is 2.59. The lowest BCUT2D eigenvalue weighted by molar-refractivity contribution is -0.384. The second-order valence-electron chi connectivity index (χ2n) is 4.66. The first-order valence-electron chi connectivity index (χ1n) is 6.45. The van der Waals surface area contributed by atoms with Gasteiger partial charge in [0.05, 0.1) is 11.1 Å². The molecule has 0 saturated carbocycles. The van der Waals surface area contributed by atoms with E-state index in [-0.39, 0.29) is 22.6 Å². The first-order chi connectivity index (χ1) is 10.9. The van der Waals surface area contributed by atoms with Crippen molar-refractivity contribution in [2.24, 2.45) is 5.10 Å². The van der Waals surface area contributed by atoms with E-state index in [0.717, 1.165) is 24.4 Å². The highest BCUT2D eigenvalue weighted by Crippen LogP contribution is 2.26. The van der Waals surface area contributed by atoms with Crippen LogP contribution in [0.3, 0.4) is 0 Å². The number of carbonyl (C=O) groups excluding carboxylic acids is 1. The van der Waals surface area contributed by atoms with Crippen LogP contribution in [-0.2, 0) is 0 Å². The number of halogens is 1. The normalized spacial score (nSPS) is 10.7. The van der Waals surface area contributed by atoms with Crippen molar-refractivity contribution >= 4 is 17.8 Å². The van der Waals surface area contributed by atoms with Crippen molar-refractivity contribution in [1.29, 1.82) is 0 Å². The number of non-ortho nitro benzene ring substituents is 1. The van der Waals surface area contributed by atoms with Crippen LogP contribution in [0.2, 0.25) is 0 Å². The minimum Gasteiger partial charge on any atom is -0.507 e. The van der Waals surface area contributed by atoms with Crippen LogP contribution in [0.5, 0.6) is 5.75 Å². The van der Waals surface area contributed by atoms with Crippen LogP contribution in [0.25, 0.3) is 0 Å². The third-order valence-electron chi connectivity index (χ3n) is 3.00. The van der Waals surface area contributed by atoms with E-state index in [0.29, 0.717) is 5.56 Å². The molecule has 1 amide bonds. The molecule has 23 heavy (non-hydrogen) atoms. The lowest BCUT2D eigenvalue weighted by atomic mass is 10.1. The van der Waals surface area contributed by atoms with Crippen molar-refractivity contribution in [3.63, 3.8) is 0 Å². The van der Waals surface area contributed by atoms with E-state index >= 15 is 0 Å². The van der Waals surface area contributed by atoms with E-state index in [1.807, 2.05) is 0 Å². The summed E-state index contributed by atoms with van der Waals surface area (Å²) in [6.45, 7) is 1.51. The zero-order valence-corrected chi connectivity index (χ0v) is 12.0. The highest BCUT2D eigenvalue weighted by atomic mass is 19.1. The number of amides is 1. The number of benzene rings is 2. The topological polar surface area (TPSA) is 105 Å². The van der Waals surface area contributed by atoms with Gasteiger partial charge in [0.15, 0.2) is 0 Å². The number of rotatable bonds is 4. The maximum absolute atomic E-state index is 12.8. The molecular weight excluding hydrogens is 305 g/mol. The second kappa shape index (κ2) is 6.65. The molecule has 8 heteroatoms. The molecule has 2 rings (SSSR count). The summed E-state index contributed by atoms with van der Waals surface area (Å²) in [6, 6.07) is 7.20. The zero-order chi connectivity index (χ0) is 17.0. The molecule has 118 valence electrons. The third kappa shape index (κ3) is 3.88. The number of nitrogens with one attached hydrogen (secondary N) is 1. The molecule has 2 aromatic carbocycles. The molecule has 0 heterocycles. The van der Waals surface area contributed by atoms with Crippen LogP contribution in [0.4, 0.5) is 10.1 Å². The molecule has 0 fully saturated rings. The standard InChI is InChI=1S/C15H12FN3O4/c1-9-6-13(19(22)23)7-11(14(9)20)8-17-18-15(21)10-2-4-12(16)5-3-10/h2-8,20H,1H3,(H,18,21)/b17-8-. The third-order valence-corrected chi connectivity index (χ3v) is 3.00. The van der Waals surface area contributed by atoms with E-state index in [9.17, 15) is 24.4 Å². The van der Waals surface area contributed by atoms with Crippen molar-refractivity contribution in [1.82, 2.24) is 5.43 Å². The quantitative estimate of drug-likeness (QED) is 0.513. The molecule has 0 aliphatic rings. The van der Waals surface area contributed by atoms with E-state index in [4.69, 9.17) is 0 Å². The molecular formula is C15H12FN3O4. The average molecular weight is 317 g/mol. The van der Waals surface area contributed by atoms with Gasteiger partial charge in [-0.1, -0.05) is 0 Å². The first-order valence-corrected chi connectivity index (χ1v) is 6.45. The SMILES string of the molecule is Cc1cc([N+](=O)[O-])cc(/C=N\NC(=O)c2ccc(F)cc2)c1O. The molecule has 0 aliphatic carbocycles. The van der Waals surface area contributed by atoms with Gasteiger partial charge in [0, 0.05) is 23.3 Å². The molecule has 7 nitrogen and oxygen atoms in total. The average Bonchev–Trinajstić information content (AvgIpc) is 2.51. The van der Waals surface area contributed by atoms with Crippen molar-refractivity contribution in [2.45, 2.75) is 6.92 Å². The number of carbonyl (C=O) groups is 1. The molecule has 0 aliphatic heterocycles. The summed E-state index contributed by atoms with van der Waals surface area (Å²) in [5.74, 6) is -1.22. The van der Waals surface area contributed by atoms with Crippen LogP contribution >= 0.6 is 0 Å². The summed E-state index contributed by atoms with van der Waals surface area (Å²) < 4.78 is 12.8. The van der Waals surface area contributed by atoms with Gasteiger partial charge in [0.2, 0.25) is 0 Å². The Morgan fingerprint density at radius 3 is 2.61 bits per heavy atom. The smallest absolute Gasteiger partial charge is 0.271 e. The first kappa shape index (κ1) is 16.1. The Kier molecular flexibility index (Phi) is 4.65. The summed E-state index contributed by atoms with van der Waals surface area (Å²) in [5, 5.41) is 24.3. The van der Waals surface area contributed by atoms with Crippen molar-refractivity contribution < 1.29 is 19.2 Å². The maximum Gasteiger partial charge on any atom is 0.271 e. The Morgan fingerprint density at radius 1 is 1.35 bits per heavy atom. The van der Waals surface area contributed by atoms with Crippen LogP contribution in [-0.4, -0.2) is 22.2 Å². The number of hydrogen-bond donors (Lipinski definition) is 2. The number of aryl methyl sites for hydroxylation is 1. The van der Waals surface area contributed by atoms with Gasteiger partial charge in [-0.15, -0.1) is 0 Å². The minimum atomic E-state index is -0.596. The van der Waals surface area contributed by atoms with Crippen LogP contribution in [0.15, 0.2) is 41.5 Å². The maximum atomic E-state index is 12.8. The monoisotopic (exact) mass is 317 g/mol. The number of phenolic OH excluding ortho intramolecular Hbond substituents is 1. The van der Waals surface area contributed by atoms with E-state index in [1.54, 1.807) is 0 Å². The molecule has 2 N–H and O–H groups in total. The van der Waals surface area contributed by atoms with Crippen molar-refractivity contribution in [2.75, 3.05) is 0 Å². The Morgan fingerprint density at radius 2 is 2.00 bits per heavy atom. The fourth-order valence-corrected chi connectivity index (χ4v) is 1.82. The molecule has 0 saturated heterocycles. The Balaban J connectivity index is 2.15. The van der Waals surface area contributed by atoms with Crippen molar-refractivity contribution in [3.05, 3.63) is 69.0 Å². The van der Waals surface area contributed by atoms with E-state index in [1.165, 1.54) is 25.1 Å². The lowest BCUT2D eigenvalue weighted by Gasteiger charge is -2.03. The predicted molar refractivity (Wildman–Crippen MR) is 81.0 cm³/mol. The molecule has 0 aromatic heterocycles. The Hall–Kier alpha value is -3.29. The number of nitro groups is 1. The largest absolute Gasteiger partial charge is 0.507 e. The van der Waals surface area contributed by atoms with Crippen LogP contribution in [0.1, 0.15) is 21.5 Å². The van der Waals surface area contributed by atoms with Crippen molar-refractivity contribution in [3.8, 4) is 5.75 Å². The van der Waals surface area contributed by atoms with E-state index in [2.05, 4.69) is 10.5 Å². The Bertz CT molecular complexity index is 788. The van der Waals surface area contributed by atoms with E-state index < -0.39 is 16.6 Å². The molecule has 0 bridgehead atoms. The molecule has 2 aromatic rings. The minimum absolute atomic E-state index is 0.0936. The number of hydrogen-bond acceptors (Lipinski definition) is 5. The highest BCUT2D eigenvalue weighted by Gasteiger charge is 2.12. The fraction of sp³-hybridized carbons (Fsp3) is 0.0667. The molecule has 0 atom stereocenters. The summed E-state index contributed by atoms with van der Waals surface area (Å²) in [6.07, 6.45) is 1.09. The predicted octanol–water partition coefficient (Wildman–Crippen LogP) is 2.51. The van der Waals surface area contributed by atoms with Gasteiger partial charge in [0.25, 0.3) is 11.6 Å². The second-order valence-corrected chi connectivity index (χ2v) is 4.66. The van der Waals surface area contributed by atoms with Gasteiger partial charge in [-0.25, -0.2) is 9.82 Å². The zero-order valence-electron chi connectivity index (χ0n) is 12.0. The van der Waals surface area contributed by atoms with Crippen LogP contribution < -0.4 is 5.43 Å². The lowest BCUT2D eigenvalue weighted by Crippen LogP contribution is -2.17. The van der Waals surface area contributed by atoms with Gasteiger partial charge in [-0.2, -0.15) is 5.10 Å². The van der Waals surface area contributed by atoms with Gasteiger partial charge in [0.1, 0.15) is 11.6 Å². The number of nitrogens with zero attached hydrogens (tertiary/aromatic N) is 2. The highest BCUT2D eigenvalue weighted by molar-refractivity contribution is 5.95. The summed E-state index contributed by atoms with van der Waals surface area (Å²) >= 11 is 0.